The summed E-state index contributed by atoms with van der Waals surface area (Å²) in [5, 5.41) is 12.0. The number of aliphatic carboxylic acids is 1. The molecule has 0 aliphatic rings. The highest BCUT2D eigenvalue weighted by Crippen LogP contribution is 2.26. The number of ether oxygens (including phenoxy) is 1. The fourth-order valence-electron chi connectivity index (χ4n) is 2.00. The normalized spacial score (nSPS) is 13.7. The van der Waals surface area contributed by atoms with Crippen LogP contribution in [0.3, 0.4) is 0 Å². The lowest BCUT2D eigenvalue weighted by molar-refractivity contribution is -0.274. The molecule has 0 aliphatic heterocycles. The van der Waals surface area contributed by atoms with Crippen LogP contribution < -0.4 is 10.1 Å². The second kappa shape index (κ2) is 7.68. The van der Waals surface area contributed by atoms with Gasteiger partial charge < -0.3 is 15.2 Å². The van der Waals surface area contributed by atoms with Crippen LogP contribution >= 0.6 is 0 Å². The molecule has 0 saturated carbocycles. The molecule has 23 heavy (non-hydrogen) atoms. The third-order valence-corrected chi connectivity index (χ3v) is 3.22. The summed E-state index contributed by atoms with van der Waals surface area (Å²) in [5.74, 6) is -1.35. The zero-order valence-corrected chi connectivity index (χ0v) is 13.4. The second-order valence-corrected chi connectivity index (χ2v) is 6.53. The van der Waals surface area contributed by atoms with E-state index in [0.29, 0.717) is 12.8 Å². The van der Waals surface area contributed by atoms with Crippen molar-refractivity contribution in [3.05, 3.63) is 29.8 Å². The maximum atomic E-state index is 12.4. The molecule has 4 nitrogen and oxygen atoms in total. The number of halogens is 3. The number of alkyl halides is 3. The molecule has 1 aromatic carbocycles. The van der Waals surface area contributed by atoms with Gasteiger partial charge in [-0.15, -0.1) is 13.2 Å². The van der Waals surface area contributed by atoms with E-state index in [1.54, 1.807) is 6.07 Å². The number of benzene rings is 1. The SMILES string of the molecule is CC(C)(C)CC[C@H](NCc1ccccc1OC(F)(F)F)C(=O)O. The Morgan fingerprint density at radius 1 is 1.26 bits per heavy atom. The number of rotatable bonds is 7. The van der Waals surface area contributed by atoms with Crippen LogP contribution in [0.25, 0.3) is 0 Å². The van der Waals surface area contributed by atoms with E-state index in [2.05, 4.69) is 10.1 Å². The molecule has 7 heteroatoms. The predicted octanol–water partition coefficient (Wildman–Crippen LogP) is 3.95. The Labute approximate surface area is 133 Å². The van der Waals surface area contributed by atoms with Gasteiger partial charge in [0, 0.05) is 12.1 Å². The summed E-state index contributed by atoms with van der Waals surface area (Å²) in [5.41, 5.74) is 0.235. The first kappa shape index (κ1) is 19.3. The molecule has 0 spiro atoms. The quantitative estimate of drug-likeness (QED) is 0.793. The standard InChI is InChI=1S/C16H22F3NO3/c1-15(2,3)9-8-12(14(21)22)20-10-11-6-4-5-7-13(11)23-16(17,18)19/h4-7,12,20H,8-10H2,1-3H3,(H,21,22)/t12-/m0/s1. The highest BCUT2D eigenvalue weighted by molar-refractivity contribution is 5.73. The maximum Gasteiger partial charge on any atom is 0.573 e. The number of para-hydroxylation sites is 1. The lowest BCUT2D eigenvalue weighted by Crippen LogP contribution is -2.37. The smallest absolute Gasteiger partial charge is 0.480 e. The van der Waals surface area contributed by atoms with E-state index in [-0.39, 0.29) is 23.3 Å². The molecule has 0 fully saturated rings. The molecule has 1 atom stereocenters. The van der Waals surface area contributed by atoms with Crippen LogP contribution in [0.1, 0.15) is 39.2 Å². The Morgan fingerprint density at radius 2 is 1.87 bits per heavy atom. The second-order valence-electron chi connectivity index (χ2n) is 6.53. The van der Waals surface area contributed by atoms with Gasteiger partial charge in [-0.25, -0.2) is 0 Å². The zero-order chi connectivity index (χ0) is 17.7. The summed E-state index contributed by atoms with van der Waals surface area (Å²) in [6, 6.07) is 4.85. The molecule has 0 bridgehead atoms. The third-order valence-electron chi connectivity index (χ3n) is 3.22. The molecule has 1 aromatic rings. The Morgan fingerprint density at radius 3 is 2.39 bits per heavy atom. The van der Waals surface area contributed by atoms with Crippen molar-refractivity contribution >= 4 is 5.97 Å². The lowest BCUT2D eigenvalue weighted by atomic mass is 9.88. The number of carboxylic acids is 1. The van der Waals surface area contributed by atoms with Gasteiger partial charge in [-0.05, 0) is 24.3 Å². The number of hydrogen-bond donors (Lipinski definition) is 2. The van der Waals surface area contributed by atoms with Gasteiger partial charge in [0.2, 0.25) is 0 Å². The van der Waals surface area contributed by atoms with Crippen molar-refractivity contribution in [2.75, 3.05) is 0 Å². The molecule has 130 valence electrons. The Hall–Kier alpha value is -1.76. The van der Waals surface area contributed by atoms with Gasteiger partial charge in [0.05, 0.1) is 0 Å². The van der Waals surface area contributed by atoms with Crippen molar-refractivity contribution in [2.24, 2.45) is 5.41 Å². The van der Waals surface area contributed by atoms with Crippen molar-refractivity contribution in [3.8, 4) is 5.75 Å². The minimum absolute atomic E-state index is 0.0205. The van der Waals surface area contributed by atoms with Gasteiger partial charge in [0.15, 0.2) is 0 Å². The van der Waals surface area contributed by atoms with Crippen LogP contribution in [0.5, 0.6) is 5.75 Å². The molecule has 0 aromatic heterocycles. The van der Waals surface area contributed by atoms with E-state index in [0.717, 1.165) is 0 Å². The van der Waals surface area contributed by atoms with E-state index in [1.807, 2.05) is 20.8 Å². The zero-order valence-electron chi connectivity index (χ0n) is 13.4. The number of carboxylic acid groups (broad SMARTS) is 1. The van der Waals surface area contributed by atoms with Crippen molar-refractivity contribution in [2.45, 2.75) is 52.6 Å². The van der Waals surface area contributed by atoms with E-state index in [1.165, 1.54) is 18.2 Å². The van der Waals surface area contributed by atoms with Crippen molar-refractivity contribution in [1.82, 2.24) is 5.32 Å². The third kappa shape index (κ3) is 7.88. The van der Waals surface area contributed by atoms with Crippen LogP contribution in [0.15, 0.2) is 24.3 Å². The molecule has 0 aliphatic carbocycles. The minimum atomic E-state index is -4.78. The van der Waals surface area contributed by atoms with E-state index in [4.69, 9.17) is 0 Å². The largest absolute Gasteiger partial charge is 0.573 e. The van der Waals surface area contributed by atoms with Crippen LogP contribution in [0, 0.1) is 5.41 Å². The van der Waals surface area contributed by atoms with Gasteiger partial charge in [-0.1, -0.05) is 39.0 Å². The van der Waals surface area contributed by atoms with E-state index >= 15 is 0 Å². The number of hydrogen-bond acceptors (Lipinski definition) is 3. The van der Waals surface area contributed by atoms with E-state index < -0.39 is 18.4 Å². The van der Waals surface area contributed by atoms with Crippen LogP contribution in [-0.4, -0.2) is 23.5 Å². The summed E-state index contributed by atoms with van der Waals surface area (Å²) < 4.78 is 41.0. The molecule has 2 N–H and O–H groups in total. The van der Waals surface area contributed by atoms with Crippen LogP contribution in [0.4, 0.5) is 13.2 Å². The lowest BCUT2D eigenvalue weighted by Gasteiger charge is -2.22. The summed E-state index contributed by atoms with van der Waals surface area (Å²) >= 11 is 0. The van der Waals surface area contributed by atoms with Gasteiger partial charge >= 0.3 is 12.3 Å². The first-order valence-corrected chi connectivity index (χ1v) is 7.28. The molecule has 0 unspecified atom stereocenters. The van der Waals surface area contributed by atoms with Crippen molar-refractivity contribution in [1.29, 1.82) is 0 Å². The first-order chi connectivity index (χ1) is 10.5. The Kier molecular flexibility index (Phi) is 6.44. The average molecular weight is 333 g/mol. The van der Waals surface area contributed by atoms with Crippen molar-refractivity contribution in [3.63, 3.8) is 0 Å². The molecule has 0 radical (unpaired) electrons. The molecule has 0 saturated heterocycles. The van der Waals surface area contributed by atoms with Gasteiger partial charge in [0.25, 0.3) is 0 Å². The van der Waals surface area contributed by atoms with Crippen molar-refractivity contribution < 1.29 is 27.8 Å². The van der Waals surface area contributed by atoms with Crippen LogP contribution in [0.2, 0.25) is 0 Å². The monoisotopic (exact) mass is 333 g/mol. The molecule has 1 rings (SSSR count). The first-order valence-electron chi connectivity index (χ1n) is 7.28. The average Bonchev–Trinajstić information content (AvgIpc) is 2.37. The molecular formula is C16H22F3NO3. The fourth-order valence-corrected chi connectivity index (χ4v) is 2.00. The fraction of sp³-hybridized carbons (Fsp3) is 0.562. The number of carbonyl (C=O) groups is 1. The highest BCUT2D eigenvalue weighted by Gasteiger charge is 2.32. The van der Waals surface area contributed by atoms with Gasteiger partial charge in [0.1, 0.15) is 11.8 Å². The topological polar surface area (TPSA) is 58.6 Å². The molecular weight excluding hydrogens is 311 g/mol. The minimum Gasteiger partial charge on any atom is -0.480 e. The highest BCUT2D eigenvalue weighted by atomic mass is 19.4. The maximum absolute atomic E-state index is 12.4. The summed E-state index contributed by atoms with van der Waals surface area (Å²) in [6.45, 7) is 5.97. The molecule has 0 heterocycles. The van der Waals surface area contributed by atoms with E-state index in [9.17, 15) is 23.1 Å². The van der Waals surface area contributed by atoms with Gasteiger partial charge in [-0.2, -0.15) is 0 Å². The number of nitrogens with one attached hydrogen (secondary N) is 1. The Balaban J connectivity index is 2.73. The Bertz CT molecular complexity index is 524. The summed E-state index contributed by atoms with van der Waals surface area (Å²) in [7, 11) is 0. The predicted molar refractivity (Wildman–Crippen MR) is 80.1 cm³/mol. The summed E-state index contributed by atoms with van der Waals surface area (Å²) in [4.78, 5) is 11.3. The molecule has 0 amide bonds. The van der Waals surface area contributed by atoms with Crippen LogP contribution in [-0.2, 0) is 11.3 Å². The van der Waals surface area contributed by atoms with Gasteiger partial charge in [-0.3, -0.25) is 4.79 Å². The summed E-state index contributed by atoms with van der Waals surface area (Å²) in [6.07, 6.45) is -3.71.